The molecule has 1 aliphatic carbocycles. The molecule has 0 N–H and O–H groups in total. The van der Waals surface area contributed by atoms with E-state index in [0.717, 1.165) is 30.5 Å². The zero-order chi connectivity index (χ0) is 16.4. The molecule has 23 heavy (non-hydrogen) atoms. The van der Waals surface area contributed by atoms with Crippen molar-refractivity contribution >= 4 is 17.2 Å². The van der Waals surface area contributed by atoms with Gasteiger partial charge in [0.25, 0.3) is 0 Å². The third kappa shape index (κ3) is 3.52. The first-order chi connectivity index (χ1) is 11.0. The second-order valence-electron chi connectivity index (χ2n) is 7.48. The van der Waals surface area contributed by atoms with Crippen molar-refractivity contribution in [3.8, 4) is 0 Å². The van der Waals surface area contributed by atoms with E-state index in [4.69, 9.17) is 11.6 Å². The molecule has 1 saturated carbocycles. The molecular weight excluding hydrogens is 284 g/mol. The number of Topliss-reactive ketones (excluding diaryl/α,β-unsaturated/α-hetero) is 1. The molecule has 0 amide bonds. The Balaban J connectivity index is 1.89. The van der Waals surface area contributed by atoms with Gasteiger partial charge in [-0.3, -0.25) is 9.79 Å². The van der Waals surface area contributed by atoms with Gasteiger partial charge in [-0.2, -0.15) is 0 Å². The van der Waals surface area contributed by atoms with Crippen molar-refractivity contribution < 1.29 is 4.79 Å². The van der Waals surface area contributed by atoms with Gasteiger partial charge in [0.15, 0.2) is 5.69 Å². The number of ketones is 1. The molecule has 1 aromatic rings. The molecule has 3 nitrogen and oxygen atoms in total. The van der Waals surface area contributed by atoms with Gasteiger partial charge in [0.2, 0.25) is 0 Å². The van der Waals surface area contributed by atoms with Crippen molar-refractivity contribution in [3.63, 3.8) is 0 Å². The van der Waals surface area contributed by atoms with Crippen LogP contribution in [0.4, 0.5) is 5.69 Å². The summed E-state index contributed by atoms with van der Waals surface area (Å²) in [5.41, 5.74) is 3.57. The lowest BCUT2D eigenvalue weighted by atomic mass is 9.81. The predicted octanol–water partition coefficient (Wildman–Crippen LogP) is 4.90. The van der Waals surface area contributed by atoms with Crippen molar-refractivity contribution in [1.82, 2.24) is 0 Å². The Morgan fingerprint density at radius 2 is 2.04 bits per heavy atom. The van der Waals surface area contributed by atoms with Crippen molar-refractivity contribution in [1.29, 1.82) is 0 Å². The quantitative estimate of drug-likeness (QED) is 0.731. The van der Waals surface area contributed by atoms with Gasteiger partial charge >= 0.3 is 0 Å². The number of nitrogens with zero attached hydrogens (tertiary/aromatic N) is 2. The maximum atomic E-state index is 12.7. The van der Waals surface area contributed by atoms with E-state index in [2.05, 4.69) is 18.7 Å². The standard InChI is InChI=1S/C20H24N2O/c1-20(2)13-15-9-10-16(21-3)11-17(15)18(22-20)12-19(23)14-7-5-4-6-8-14/h9-11,14H,4-8,12-13H2,1-2H3. The summed E-state index contributed by atoms with van der Waals surface area (Å²) in [6, 6.07) is 5.81. The van der Waals surface area contributed by atoms with Gasteiger partial charge in [-0.05, 0) is 50.3 Å². The lowest BCUT2D eigenvalue weighted by Gasteiger charge is -2.30. The second kappa shape index (κ2) is 6.28. The molecule has 1 heterocycles. The molecule has 1 fully saturated rings. The zero-order valence-electron chi connectivity index (χ0n) is 14.1. The average Bonchev–Trinajstić information content (AvgIpc) is 2.54. The van der Waals surface area contributed by atoms with Gasteiger partial charge in [0, 0.05) is 18.1 Å². The number of rotatable bonds is 3. The van der Waals surface area contributed by atoms with Gasteiger partial charge in [-0.25, -0.2) is 4.85 Å². The number of carbonyl (C=O) groups is 1. The predicted molar refractivity (Wildman–Crippen MR) is 93.2 cm³/mol. The Kier molecular flexibility index (Phi) is 4.35. The van der Waals surface area contributed by atoms with Crippen molar-refractivity contribution in [2.75, 3.05) is 0 Å². The molecule has 3 rings (SSSR count). The van der Waals surface area contributed by atoms with Crippen molar-refractivity contribution in [3.05, 3.63) is 40.7 Å². The van der Waals surface area contributed by atoms with E-state index in [0.29, 0.717) is 17.9 Å². The summed E-state index contributed by atoms with van der Waals surface area (Å²) < 4.78 is 0. The lowest BCUT2D eigenvalue weighted by Crippen LogP contribution is -2.31. The third-order valence-corrected chi connectivity index (χ3v) is 5.00. The number of benzene rings is 1. The average molecular weight is 308 g/mol. The SMILES string of the molecule is [C-]#[N+]c1ccc2c(c1)C(CC(=O)C1CCCCC1)=NC(C)(C)C2. The Morgan fingerprint density at radius 3 is 2.74 bits per heavy atom. The maximum absolute atomic E-state index is 12.7. The minimum absolute atomic E-state index is 0.172. The summed E-state index contributed by atoms with van der Waals surface area (Å²) in [7, 11) is 0. The minimum Gasteiger partial charge on any atom is -0.299 e. The molecule has 0 bridgehead atoms. The fourth-order valence-corrected chi connectivity index (χ4v) is 3.86. The molecule has 0 radical (unpaired) electrons. The van der Waals surface area contributed by atoms with Gasteiger partial charge in [-0.15, -0.1) is 0 Å². The molecule has 3 heteroatoms. The molecule has 1 aliphatic heterocycles. The summed E-state index contributed by atoms with van der Waals surface area (Å²) in [5.74, 6) is 0.546. The van der Waals surface area contributed by atoms with Gasteiger partial charge in [0.1, 0.15) is 5.78 Å². The fraction of sp³-hybridized carbons (Fsp3) is 0.550. The largest absolute Gasteiger partial charge is 0.299 e. The first kappa shape index (κ1) is 15.9. The number of carbonyl (C=O) groups excluding carboxylic acids is 1. The van der Waals surface area contributed by atoms with Crippen LogP contribution >= 0.6 is 0 Å². The highest BCUT2D eigenvalue weighted by molar-refractivity contribution is 6.13. The molecule has 1 aromatic carbocycles. The van der Waals surface area contributed by atoms with E-state index < -0.39 is 0 Å². The molecule has 2 aliphatic rings. The number of fused-ring (bicyclic) bond motifs is 1. The summed E-state index contributed by atoms with van der Waals surface area (Å²) in [5, 5.41) is 0. The highest BCUT2D eigenvalue weighted by atomic mass is 16.1. The first-order valence-corrected chi connectivity index (χ1v) is 8.61. The van der Waals surface area contributed by atoms with E-state index in [9.17, 15) is 4.79 Å². The van der Waals surface area contributed by atoms with Gasteiger partial charge in [-0.1, -0.05) is 31.4 Å². The molecule has 0 spiro atoms. The smallest absolute Gasteiger partial charge is 0.187 e. The van der Waals surface area contributed by atoms with Crippen LogP contribution in [0.1, 0.15) is 63.5 Å². The summed E-state index contributed by atoms with van der Waals surface area (Å²) >= 11 is 0. The van der Waals surface area contributed by atoms with E-state index in [1.54, 1.807) is 0 Å². The number of hydrogen-bond acceptors (Lipinski definition) is 2. The van der Waals surface area contributed by atoms with Crippen LogP contribution in [-0.2, 0) is 11.2 Å². The van der Waals surface area contributed by atoms with Crippen molar-refractivity contribution in [2.24, 2.45) is 10.9 Å². The zero-order valence-corrected chi connectivity index (χ0v) is 14.1. The molecular formula is C20H24N2O. The third-order valence-electron chi connectivity index (χ3n) is 5.00. The summed E-state index contributed by atoms with van der Waals surface area (Å²) in [6.45, 7) is 11.5. The molecule has 0 atom stereocenters. The van der Waals surface area contributed by atoms with Crippen LogP contribution in [0.15, 0.2) is 23.2 Å². The van der Waals surface area contributed by atoms with E-state index in [1.807, 2.05) is 18.2 Å². The fourth-order valence-electron chi connectivity index (χ4n) is 3.86. The van der Waals surface area contributed by atoms with Gasteiger partial charge < -0.3 is 0 Å². The second-order valence-corrected chi connectivity index (χ2v) is 7.48. The Labute approximate surface area is 138 Å². The highest BCUT2D eigenvalue weighted by Gasteiger charge is 2.29. The molecule has 0 unspecified atom stereocenters. The summed E-state index contributed by atoms with van der Waals surface area (Å²) in [6.07, 6.45) is 6.95. The van der Waals surface area contributed by atoms with Crippen molar-refractivity contribution in [2.45, 2.75) is 64.3 Å². The van der Waals surface area contributed by atoms with Crippen LogP contribution in [0.2, 0.25) is 0 Å². The van der Waals surface area contributed by atoms with Crippen LogP contribution in [0.3, 0.4) is 0 Å². The Morgan fingerprint density at radius 1 is 1.30 bits per heavy atom. The van der Waals surface area contributed by atoms with E-state index >= 15 is 0 Å². The Hall–Kier alpha value is -1.95. The number of aliphatic imine (C=N–C) groups is 1. The Bertz CT molecular complexity index is 688. The highest BCUT2D eigenvalue weighted by Crippen LogP contribution is 2.32. The van der Waals surface area contributed by atoms with Crippen LogP contribution in [0.25, 0.3) is 4.85 Å². The van der Waals surface area contributed by atoms with Crippen LogP contribution < -0.4 is 0 Å². The minimum atomic E-state index is -0.172. The normalized spacial score (nSPS) is 20.3. The van der Waals surface area contributed by atoms with E-state index in [-0.39, 0.29) is 11.5 Å². The van der Waals surface area contributed by atoms with E-state index in [1.165, 1.54) is 24.8 Å². The molecule has 0 aromatic heterocycles. The van der Waals surface area contributed by atoms with Crippen LogP contribution in [0, 0.1) is 12.5 Å². The lowest BCUT2D eigenvalue weighted by molar-refractivity contribution is -0.122. The molecule has 0 saturated heterocycles. The summed E-state index contributed by atoms with van der Waals surface area (Å²) in [4.78, 5) is 21.1. The first-order valence-electron chi connectivity index (χ1n) is 8.61. The topological polar surface area (TPSA) is 33.8 Å². The van der Waals surface area contributed by atoms with Crippen LogP contribution in [0.5, 0.6) is 0 Å². The number of hydrogen-bond donors (Lipinski definition) is 0. The van der Waals surface area contributed by atoms with Gasteiger partial charge in [0.05, 0.1) is 12.1 Å². The van der Waals surface area contributed by atoms with Crippen LogP contribution in [-0.4, -0.2) is 17.0 Å². The monoisotopic (exact) mass is 308 g/mol. The maximum Gasteiger partial charge on any atom is 0.187 e. The molecule has 120 valence electrons.